The average molecular weight is 429 g/mol. The summed E-state index contributed by atoms with van der Waals surface area (Å²) in [5.41, 5.74) is 1.80. The van der Waals surface area contributed by atoms with Gasteiger partial charge in [-0.05, 0) is 29.8 Å². The van der Waals surface area contributed by atoms with E-state index in [1.165, 1.54) is 28.0 Å². The molecule has 2 aromatic carbocycles. The van der Waals surface area contributed by atoms with E-state index >= 15 is 0 Å². The number of aromatic carboxylic acids is 1. The van der Waals surface area contributed by atoms with Gasteiger partial charge in [0.05, 0.1) is 5.56 Å². The van der Waals surface area contributed by atoms with Crippen LogP contribution in [0.25, 0.3) is 22.4 Å². The first-order chi connectivity index (χ1) is 15.1. The number of benzene rings is 2. The van der Waals surface area contributed by atoms with E-state index in [1.807, 2.05) is 30.3 Å². The van der Waals surface area contributed by atoms with Gasteiger partial charge in [0, 0.05) is 18.1 Å². The molecule has 7 nitrogen and oxygen atoms in total. The van der Waals surface area contributed by atoms with Gasteiger partial charge in [0.15, 0.2) is 5.82 Å². The Balaban J connectivity index is 1.42. The molecule has 0 aliphatic carbocycles. The average Bonchev–Trinajstić information content (AvgIpc) is 3.47. The SMILES string of the molecule is O=C(O)c1ccc(-c2ccc(/C=c3\sc4nc(Cc5ccccc5)nn4c3=O)o2)cc1. The molecule has 31 heavy (non-hydrogen) atoms. The van der Waals surface area contributed by atoms with Gasteiger partial charge in [-0.1, -0.05) is 53.8 Å². The lowest BCUT2D eigenvalue weighted by atomic mass is 10.1. The van der Waals surface area contributed by atoms with Crippen molar-refractivity contribution in [1.29, 1.82) is 0 Å². The standard InChI is InChI=1S/C23H15N3O4S/c27-21-19(31-23-24-20(25-26(21)23)12-14-4-2-1-3-5-14)13-17-10-11-18(30-17)15-6-8-16(9-7-15)22(28)29/h1-11,13H,12H2,(H,28,29)/b19-13-. The van der Waals surface area contributed by atoms with Crippen molar-refractivity contribution in [3.63, 3.8) is 0 Å². The molecule has 5 rings (SSSR count). The summed E-state index contributed by atoms with van der Waals surface area (Å²) >= 11 is 1.26. The van der Waals surface area contributed by atoms with Gasteiger partial charge in [0.1, 0.15) is 16.1 Å². The highest BCUT2D eigenvalue weighted by molar-refractivity contribution is 7.15. The number of aromatic nitrogens is 3. The largest absolute Gasteiger partial charge is 0.478 e. The van der Waals surface area contributed by atoms with Gasteiger partial charge in [-0.3, -0.25) is 4.79 Å². The molecule has 0 unspecified atom stereocenters. The quantitative estimate of drug-likeness (QED) is 0.461. The van der Waals surface area contributed by atoms with Crippen LogP contribution < -0.4 is 10.1 Å². The molecule has 0 radical (unpaired) electrons. The van der Waals surface area contributed by atoms with Gasteiger partial charge in [-0.25, -0.2) is 9.78 Å². The lowest BCUT2D eigenvalue weighted by molar-refractivity contribution is 0.0697. The van der Waals surface area contributed by atoms with Gasteiger partial charge in [-0.15, -0.1) is 5.10 Å². The topological polar surface area (TPSA) is 97.7 Å². The lowest BCUT2D eigenvalue weighted by Gasteiger charge is -1.98. The Morgan fingerprint density at radius 1 is 1.06 bits per heavy atom. The normalized spacial score (nSPS) is 11.9. The van der Waals surface area contributed by atoms with Crippen LogP contribution in [0.1, 0.15) is 27.5 Å². The highest BCUT2D eigenvalue weighted by Crippen LogP contribution is 2.23. The minimum atomic E-state index is -0.980. The first-order valence-corrected chi connectivity index (χ1v) is 10.3. The molecule has 152 valence electrons. The molecule has 0 bridgehead atoms. The summed E-state index contributed by atoms with van der Waals surface area (Å²) < 4.78 is 7.62. The van der Waals surface area contributed by atoms with Crippen molar-refractivity contribution in [2.24, 2.45) is 0 Å². The van der Waals surface area contributed by atoms with Gasteiger partial charge in [0.2, 0.25) is 4.96 Å². The van der Waals surface area contributed by atoms with E-state index in [1.54, 1.807) is 30.3 Å². The zero-order chi connectivity index (χ0) is 21.4. The molecule has 0 amide bonds. The van der Waals surface area contributed by atoms with Crippen molar-refractivity contribution in [2.45, 2.75) is 6.42 Å². The van der Waals surface area contributed by atoms with Crippen molar-refractivity contribution < 1.29 is 14.3 Å². The number of rotatable bonds is 5. The number of thiazole rings is 1. The van der Waals surface area contributed by atoms with E-state index in [9.17, 15) is 9.59 Å². The third-order valence-electron chi connectivity index (χ3n) is 4.75. The molecule has 0 aliphatic rings. The van der Waals surface area contributed by atoms with Crippen LogP contribution in [0.2, 0.25) is 0 Å². The van der Waals surface area contributed by atoms with Gasteiger partial charge < -0.3 is 9.52 Å². The van der Waals surface area contributed by atoms with Crippen molar-refractivity contribution in [2.75, 3.05) is 0 Å². The van der Waals surface area contributed by atoms with E-state index in [2.05, 4.69) is 10.1 Å². The zero-order valence-electron chi connectivity index (χ0n) is 16.1. The zero-order valence-corrected chi connectivity index (χ0v) is 16.9. The highest BCUT2D eigenvalue weighted by Gasteiger charge is 2.12. The van der Waals surface area contributed by atoms with Crippen molar-refractivity contribution in [3.05, 3.63) is 104 Å². The van der Waals surface area contributed by atoms with E-state index < -0.39 is 5.97 Å². The van der Waals surface area contributed by atoms with E-state index in [-0.39, 0.29) is 11.1 Å². The first kappa shape index (κ1) is 19.0. The van der Waals surface area contributed by atoms with Crippen LogP contribution in [0.15, 0.2) is 75.9 Å². The number of carbonyl (C=O) groups is 1. The third-order valence-corrected chi connectivity index (χ3v) is 5.71. The summed E-state index contributed by atoms with van der Waals surface area (Å²) in [5, 5.41) is 13.4. The molecule has 0 saturated carbocycles. The smallest absolute Gasteiger partial charge is 0.335 e. The number of fused-ring (bicyclic) bond motifs is 1. The summed E-state index contributed by atoms with van der Waals surface area (Å²) in [5.74, 6) is 0.723. The second kappa shape index (κ2) is 7.66. The van der Waals surface area contributed by atoms with E-state index in [0.29, 0.717) is 33.3 Å². The third kappa shape index (κ3) is 3.76. The fourth-order valence-corrected chi connectivity index (χ4v) is 4.13. The Hall–Kier alpha value is -4.04. The number of hydrogen-bond acceptors (Lipinski definition) is 6. The van der Waals surface area contributed by atoms with E-state index in [4.69, 9.17) is 9.52 Å². The molecule has 5 aromatic rings. The molecule has 8 heteroatoms. The van der Waals surface area contributed by atoms with Crippen LogP contribution in [0, 0.1) is 0 Å². The molecule has 1 N–H and O–H groups in total. The summed E-state index contributed by atoms with van der Waals surface area (Å²) in [7, 11) is 0. The molecular weight excluding hydrogens is 414 g/mol. The Labute approximate surface area is 179 Å². The molecule has 0 saturated heterocycles. The number of carboxylic acids is 1. The molecule has 0 aliphatic heterocycles. The Kier molecular flexibility index (Phi) is 4.68. The summed E-state index contributed by atoms with van der Waals surface area (Å²) in [6.45, 7) is 0. The molecule has 0 atom stereocenters. The summed E-state index contributed by atoms with van der Waals surface area (Å²) in [4.78, 5) is 28.7. The Morgan fingerprint density at radius 3 is 2.55 bits per heavy atom. The maximum atomic E-state index is 12.7. The molecular formula is C23H15N3O4S. The van der Waals surface area contributed by atoms with Gasteiger partial charge in [-0.2, -0.15) is 4.52 Å². The maximum absolute atomic E-state index is 12.7. The Morgan fingerprint density at radius 2 is 1.84 bits per heavy atom. The summed E-state index contributed by atoms with van der Waals surface area (Å²) in [6, 6.07) is 19.8. The second-order valence-corrected chi connectivity index (χ2v) is 7.89. The van der Waals surface area contributed by atoms with Gasteiger partial charge in [0.25, 0.3) is 5.56 Å². The van der Waals surface area contributed by atoms with Crippen LogP contribution in [0.5, 0.6) is 0 Å². The highest BCUT2D eigenvalue weighted by atomic mass is 32.1. The van der Waals surface area contributed by atoms with Crippen LogP contribution in [0.3, 0.4) is 0 Å². The number of nitrogens with zero attached hydrogens (tertiary/aromatic N) is 3. The maximum Gasteiger partial charge on any atom is 0.335 e. The minimum absolute atomic E-state index is 0.208. The van der Waals surface area contributed by atoms with Crippen molar-refractivity contribution >= 4 is 28.3 Å². The van der Waals surface area contributed by atoms with Gasteiger partial charge >= 0.3 is 5.97 Å². The molecule has 0 fully saturated rings. The van der Waals surface area contributed by atoms with Crippen molar-refractivity contribution in [3.8, 4) is 11.3 Å². The fourth-order valence-electron chi connectivity index (χ4n) is 3.22. The van der Waals surface area contributed by atoms with Crippen LogP contribution >= 0.6 is 11.3 Å². The fraction of sp³-hybridized carbons (Fsp3) is 0.0435. The monoisotopic (exact) mass is 429 g/mol. The van der Waals surface area contributed by atoms with Crippen LogP contribution in [-0.2, 0) is 6.42 Å². The van der Waals surface area contributed by atoms with E-state index in [0.717, 1.165) is 11.1 Å². The first-order valence-electron chi connectivity index (χ1n) is 9.44. The van der Waals surface area contributed by atoms with Crippen LogP contribution in [-0.4, -0.2) is 25.7 Å². The van der Waals surface area contributed by atoms with Crippen molar-refractivity contribution in [1.82, 2.24) is 14.6 Å². The molecule has 3 heterocycles. The predicted octanol–water partition coefficient (Wildman–Crippen LogP) is 3.25. The summed E-state index contributed by atoms with van der Waals surface area (Å²) in [6.07, 6.45) is 2.23. The second-order valence-electron chi connectivity index (χ2n) is 6.89. The lowest BCUT2D eigenvalue weighted by Crippen LogP contribution is -2.23. The predicted molar refractivity (Wildman–Crippen MR) is 116 cm³/mol. The number of carboxylic acid groups (broad SMARTS) is 1. The number of furan rings is 1. The number of hydrogen-bond donors (Lipinski definition) is 1. The molecule has 0 spiro atoms. The Bertz CT molecular complexity index is 1500. The molecule has 3 aromatic heterocycles. The minimum Gasteiger partial charge on any atom is -0.478 e. The van der Waals surface area contributed by atoms with Crippen LogP contribution in [0.4, 0.5) is 0 Å².